The Kier molecular flexibility index (Phi) is 3.39. The minimum absolute atomic E-state index is 0.0781. The number of nitrogens with zero attached hydrogens (tertiary/aromatic N) is 1. The van der Waals surface area contributed by atoms with Crippen LogP contribution in [-0.2, 0) is 4.79 Å². The number of nitrogens with one attached hydrogen (secondary N) is 1. The minimum atomic E-state index is -0.574. The van der Waals surface area contributed by atoms with Gasteiger partial charge in [-0.25, -0.2) is 0 Å². The summed E-state index contributed by atoms with van der Waals surface area (Å²) in [6, 6.07) is 4.86. The van der Waals surface area contributed by atoms with Gasteiger partial charge in [-0.3, -0.25) is 19.3 Å². The number of imide groups is 1. The van der Waals surface area contributed by atoms with Gasteiger partial charge in [-0.1, -0.05) is 0 Å². The van der Waals surface area contributed by atoms with Gasteiger partial charge < -0.3 is 10.4 Å². The predicted molar refractivity (Wildman–Crippen MR) is 98.2 cm³/mol. The molecule has 1 aromatic carbocycles. The zero-order valence-electron chi connectivity index (χ0n) is 15.5. The lowest BCUT2D eigenvalue weighted by molar-refractivity contribution is -0.167. The Balaban J connectivity index is 1.32. The van der Waals surface area contributed by atoms with Crippen LogP contribution in [0.25, 0.3) is 0 Å². The molecule has 6 heteroatoms. The molecule has 4 bridgehead atoms. The highest BCUT2D eigenvalue weighted by Crippen LogP contribution is 2.62. The molecule has 6 rings (SSSR count). The van der Waals surface area contributed by atoms with Crippen LogP contribution in [0.2, 0.25) is 0 Å². The maximum absolute atomic E-state index is 12.8. The molecule has 2 atom stereocenters. The first-order valence-corrected chi connectivity index (χ1v) is 9.75. The third kappa shape index (κ3) is 2.61. The summed E-state index contributed by atoms with van der Waals surface area (Å²) < 4.78 is 0. The molecule has 2 N–H and O–H groups in total. The summed E-state index contributed by atoms with van der Waals surface area (Å²) in [5.74, 6) is 0.362. The quantitative estimate of drug-likeness (QED) is 0.803. The summed E-state index contributed by atoms with van der Waals surface area (Å²) in [5, 5.41) is 13.8. The molecule has 4 saturated carbocycles. The molecule has 4 fully saturated rings. The lowest BCUT2D eigenvalue weighted by Crippen LogP contribution is -2.56. The molecule has 1 aromatic rings. The van der Waals surface area contributed by atoms with E-state index in [9.17, 15) is 19.5 Å². The van der Waals surface area contributed by atoms with Gasteiger partial charge in [0.05, 0.1) is 16.7 Å². The highest BCUT2D eigenvalue weighted by Gasteiger charge is 2.57. The molecular weight excluding hydrogens is 344 g/mol. The zero-order valence-corrected chi connectivity index (χ0v) is 15.5. The van der Waals surface area contributed by atoms with E-state index < -0.39 is 5.60 Å². The third-order valence-electron chi connectivity index (χ3n) is 7.06. The molecular formula is C21H24N2O4. The van der Waals surface area contributed by atoms with Crippen molar-refractivity contribution in [2.45, 2.75) is 50.5 Å². The third-order valence-corrected chi connectivity index (χ3v) is 7.06. The Morgan fingerprint density at radius 2 is 1.81 bits per heavy atom. The Morgan fingerprint density at radius 1 is 1.15 bits per heavy atom. The molecule has 5 aliphatic rings. The van der Waals surface area contributed by atoms with E-state index in [-0.39, 0.29) is 23.1 Å². The lowest BCUT2D eigenvalue weighted by atomic mass is 9.47. The van der Waals surface area contributed by atoms with Gasteiger partial charge in [0.15, 0.2) is 0 Å². The molecule has 1 aliphatic heterocycles. The van der Waals surface area contributed by atoms with E-state index in [2.05, 4.69) is 5.32 Å². The summed E-state index contributed by atoms with van der Waals surface area (Å²) in [6.45, 7) is 0. The van der Waals surface area contributed by atoms with Gasteiger partial charge in [-0.2, -0.15) is 0 Å². The second-order valence-corrected chi connectivity index (χ2v) is 9.34. The Hall–Kier alpha value is -2.21. The normalized spacial score (nSPS) is 36.3. The van der Waals surface area contributed by atoms with Crippen molar-refractivity contribution >= 4 is 23.4 Å². The molecule has 27 heavy (non-hydrogen) atoms. The van der Waals surface area contributed by atoms with Crippen molar-refractivity contribution in [2.24, 2.45) is 17.3 Å². The Bertz CT molecular complexity index is 863. The molecule has 3 amide bonds. The molecule has 0 saturated heterocycles. The van der Waals surface area contributed by atoms with Crippen molar-refractivity contribution in [3.63, 3.8) is 0 Å². The Morgan fingerprint density at radius 3 is 2.48 bits per heavy atom. The van der Waals surface area contributed by atoms with Gasteiger partial charge in [-0.15, -0.1) is 0 Å². The molecule has 1 heterocycles. The number of fused-ring (bicyclic) bond motifs is 1. The largest absolute Gasteiger partial charge is 0.390 e. The number of benzene rings is 1. The second kappa shape index (κ2) is 5.41. The van der Waals surface area contributed by atoms with Gasteiger partial charge in [0.2, 0.25) is 5.91 Å². The fourth-order valence-corrected chi connectivity index (χ4v) is 6.59. The molecule has 0 radical (unpaired) electrons. The number of amides is 3. The summed E-state index contributed by atoms with van der Waals surface area (Å²) in [5.41, 5.74) is 0.591. The predicted octanol–water partition coefficient (Wildman–Crippen LogP) is 2.57. The average molecular weight is 368 g/mol. The number of aliphatic hydroxyl groups is 1. The summed E-state index contributed by atoms with van der Waals surface area (Å²) in [6.07, 6.45) is 6.17. The van der Waals surface area contributed by atoms with Gasteiger partial charge in [0.1, 0.15) is 0 Å². The van der Waals surface area contributed by atoms with Crippen molar-refractivity contribution in [1.29, 1.82) is 0 Å². The summed E-state index contributed by atoms with van der Waals surface area (Å²) in [7, 11) is 1.46. The standard InChI is InChI=1S/C21H24N2O4/c1-23-18(25)15-3-2-14(5-16(15)19(23)26)22-17(24)10-20-6-12-4-13(7-20)9-21(27,8-12)11-20/h2-3,5,12-13,27H,4,6-11H2,1H3,(H,22,24). The van der Waals surface area contributed by atoms with Gasteiger partial charge >= 0.3 is 0 Å². The minimum Gasteiger partial charge on any atom is -0.390 e. The van der Waals surface area contributed by atoms with Crippen LogP contribution in [0.4, 0.5) is 5.69 Å². The average Bonchev–Trinajstić information content (AvgIpc) is 2.76. The van der Waals surface area contributed by atoms with E-state index in [1.165, 1.54) is 13.5 Å². The molecule has 0 spiro atoms. The van der Waals surface area contributed by atoms with Crippen molar-refractivity contribution in [3.8, 4) is 0 Å². The van der Waals surface area contributed by atoms with Gasteiger partial charge in [0.25, 0.3) is 11.8 Å². The van der Waals surface area contributed by atoms with Crippen LogP contribution in [0.15, 0.2) is 18.2 Å². The number of carbonyl (C=O) groups is 3. The first-order valence-electron chi connectivity index (χ1n) is 9.75. The SMILES string of the molecule is CN1C(=O)c2ccc(NC(=O)CC34CC5CC(CC(O)(C5)C3)C4)cc2C1=O. The van der Waals surface area contributed by atoms with E-state index in [1.54, 1.807) is 18.2 Å². The van der Waals surface area contributed by atoms with Crippen LogP contribution in [0.3, 0.4) is 0 Å². The number of rotatable bonds is 3. The second-order valence-electron chi connectivity index (χ2n) is 9.34. The van der Waals surface area contributed by atoms with Crippen LogP contribution in [0, 0.1) is 17.3 Å². The van der Waals surface area contributed by atoms with Crippen molar-refractivity contribution < 1.29 is 19.5 Å². The molecule has 2 unspecified atom stereocenters. The van der Waals surface area contributed by atoms with Crippen molar-refractivity contribution in [3.05, 3.63) is 29.3 Å². The highest BCUT2D eigenvalue weighted by atomic mass is 16.3. The number of carbonyl (C=O) groups excluding carboxylic acids is 3. The van der Waals surface area contributed by atoms with E-state index >= 15 is 0 Å². The van der Waals surface area contributed by atoms with Crippen molar-refractivity contribution in [2.75, 3.05) is 12.4 Å². The fraction of sp³-hybridized carbons (Fsp3) is 0.571. The van der Waals surface area contributed by atoms with E-state index in [1.807, 2.05) is 0 Å². The molecule has 6 nitrogen and oxygen atoms in total. The van der Waals surface area contributed by atoms with Crippen LogP contribution in [-0.4, -0.2) is 40.4 Å². The maximum Gasteiger partial charge on any atom is 0.261 e. The number of anilines is 1. The maximum atomic E-state index is 12.8. The smallest absolute Gasteiger partial charge is 0.261 e. The van der Waals surface area contributed by atoms with Gasteiger partial charge in [-0.05, 0) is 74.0 Å². The first kappa shape index (κ1) is 16.9. The summed E-state index contributed by atoms with van der Waals surface area (Å²) >= 11 is 0. The monoisotopic (exact) mass is 368 g/mol. The molecule has 4 aliphatic carbocycles. The number of hydrogen-bond donors (Lipinski definition) is 2. The topological polar surface area (TPSA) is 86.7 Å². The van der Waals surface area contributed by atoms with E-state index in [0.717, 1.165) is 37.0 Å². The Labute approximate surface area is 157 Å². The van der Waals surface area contributed by atoms with Crippen LogP contribution >= 0.6 is 0 Å². The highest BCUT2D eigenvalue weighted by molar-refractivity contribution is 6.21. The first-order chi connectivity index (χ1) is 12.8. The van der Waals surface area contributed by atoms with Crippen LogP contribution in [0.5, 0.6) is 0 Å². The number of hydrogen-bond acceptors (Lipinski definition) is 4. The van der Waals surface area contributed by atoms with Crippen molar-refractivity contribution in [1.82, 2.24) is 4.90 Å². The molecule has 142 valence electrons. The van der Waals surface area contributed by atoms with Crippen LogP contribution < -0.4 is 5.32 Å². The fourth-order valence-electron chi connectivity index (χ4n) is 6.59. The van der Waals surface area contributed by atoms with Crippen LogP contribution in [0.1, 0.15) is 65.7 Å². The summed E-state index contributed by atoms with van der Waals surface area (Å²) in [4.78, 5) is 38.0. The lowest BCUT2D eigenvalue weighted by Gasteiger charge is -2.60. The zero-order chi connectivity index (χ0) is 19.0. The van der Waals surface area contributed by atoms with Gasteiger partial charge in [0, 0.05) is 19.2 Å². The van der Waals surface area contributed by atoms with E-state index in [0.29, 0.717) is 35.1 Å². The molecule has 0 aromatic heterocycles. The van der Waals surface area contributed by atoms with E-state index in [4.69, 9.17) is 0 Å².